The van der Waals surface area contributed by atoms with Crippen molar-refractivity contribution >= 4 is 16.1 Å². The average Bonchev–Trinajstić information content (AvgIpc) is 2.75. The lowest BCUT2D eigenvalue weighted by Crippen LogP contribution is -2.37. The zero-order chi connectivity index (χ0) is 24.1. The van der Waals surface area contributed by atoms with Gasteiger partial charge in [0.1, 0.15) is 17.2 Å². The van der Waals surface area contributed by atoms with E-state index in [-0.39, 0.29) is 5.75 Å². The van der Waals surface area contributed by atoms with Crippen LogP contribution in [0.4, 0.5) is 0 Å². The topological polar surface area (TPSA) is 99.1 Å². The molecule has 0 aliphatic heterocycles. The fourth-order valence-electron chi connectivity index (χ4n) is 2.97. The molecule has 0 saturated heterocycles. The largest absolute Gasteiger partial charge is 0.493 e. The molecule has 0 saturated carbocycles. The molecule has 0 heterocycles. The number of hydrogen-bond acceptors (Lipinski definition) is 6. The van der Waals surface area contributed by atoms with Crippen LogP contribution in [0.15, 0.2) is 72.8 Å². The van der Waals surface area contributed by atoms with Crippen LogP contribution in [0, 0.1) is 0 Å². The van der Waals surface area contributed by atoms with Gasteiger partial charge in [0.2, 0.25) is 0 Å². The second kappa shape index (κ2) is 9.95. The van der Waals surface area contributed by atoms with E-state index < -0.39 is 21.7 Å². The van der Waals surface area contributed by atoms with E-state index >= 15 is 0 Å². The van der Waals surface area contributed by atoms with Gasteiger partial charge < -0.3 is 18.8 Å². The molecule has 7 nitrogen and oxygen atoms in total. The molecule has 0 bridgehead atoms. The van der Waals surface area contributed by atoms with Gasteiger partial charge in [0.05, 0.1) is 12.9 Å². The molecule has 174 valence electrons. The predicted octanol–water partition coefficient (Wildman–Crippen LogP) is 4.56. The fraction of sp³-hybridized carbons (Fsp3) is 0.240. The Morgan fingerprint density at radius 2 is 1.30 bits per heavy atom. The van der Waals surface area contributed by atoms with Gasteiger partial charge in [0, 0.05) is 6.42 Å². The quantitative estimate of drug-likeness (QED) is 0.434. The predicted molar refractivity (Wildman–Crippen MR) is 125 cm³/mol. The van der Waals surface area contributed by atoms with Crippen molar-refractivity contribution < 1.29 is 32.0 Å². The number of aliphatic carboxylic acids is 1. The van der Waals surface area contributed by atoms with Crippen molar-refractivity contribution in [2.45, 2.75) is 25.9 Å². The number of ether oxygens (including phenoxy) is 2. The van der Waals surface area contributed by atoms with Gasteiger partial charge in [-0.2, -0.15) is 8.42 Å². The van der Waals surface area contributed by atoms with Gasteiger partial charge in [-0.05, 0) is 66.9 Å². The highest BCUT2D eigenvalue weighted by atomic mass is 32.2. The molecular weight excluding hydrogens is 444 g/mol. The van der Waals surface area contributed by atoms with Gasteiger partial charge >= 0.3 is 16.1 Å². The van der Waals surface area contributed by atoms with E-state index in [4.69, 9.17) is 18.8 Å². The summed E-state index contributed by atoms with van der Waals surface area (Å²) in [5, 5.41) is 9.14. The molecule has 0 aromatic heterocycles. The second-order valence-electron chi connectivity index (χ2n) is 8.00. The van der Waals surface area contributed by atoms with Crippen molar-refractivity contribution in [1.82, 2.24) is 0 Å². The maximum absolute atomic E-state index is 11.2. The van der Waals surface area contributed by atoms with E-state index in [0.29, 0.717) is 24.5 Å². The molecule has 3 aromatic rings. The lowest BCUT2D eigenvalue weighted by Gasteiger charge is -2.21. The van der Waals surface area contributed by atoms with E-state index in [2.05, 4.69) is 0 Å². The molecule has 3 rings (SSSR count). The number of carboxylic acids is 1. The maximum atomic E-state index is 11.2. The van der Waals surface area contributed by atoms with Crippen LogP contribution in [-0.4, -0.2) is 38.0 Å². The number of carboxylic acid groups (broad SMARTS) is 1. The van der Waals surface area contributed by atoms with Gasteiger partial charge in [-0.15, -0.1) is 0 Å². The molecule has 0 atom stereocenters. The highest BCUT2D eigenvalue weighted by Crippen LogP contribution is 2.24. The molecule has 0 aliphatic rings. The minimum atomic E-state index is -3.54. The van der Waals surface area contributed by atoms with E-state index in [1.807, 2.05) is 36.4 Å². The van der Waals surface area contributed by atoms with Crippen LogP contribution in [0.25, 0.3) is 11.1 Å². The normalized spacial score (nSPS) is 11.6. The first-order valence-electron chi connectivity index (χ1n) is 10.3. The van der Waals surface area contributed by atoms with Crippen LogP contribution in [0.1, 0.15) is 19.4 Å². The molecule has 0 fully saturated rings. The third-order valence-electron chi connectivity index (χ3n) is 4.76. The molecule has 1 N–H and O–H groups in total. The molecule has 33 heavy (non-hydrogen) atoms. The van der Waals surface area contributed by atoms with Gasteiger partial charge in [-0.25, -0.2) is 4.79 Å². The minimum Gasteiger partial charge on any atom is -0.493 e. The number of carbonyl (C=O) groups is 1. The van der Waals surface area contributed by atoms with Crippen molar-refractivity contribution in [1.29, 1.82) is 0 Å². The van der Waals surface area contributed by atoms with Crippen molar-refractivity contribution in [3.05, 3.63) is 78.4 Å². The summed E-state index contributed by atoms with van der Waals surface area (Å²) in [5.41, 5.74) is 1.76. The lowest BCUT2D eigenvalue weighted by atomic mass is 10.0. The van der Waals surface area contributed by atoms with Crippen LogP contribution in [0.3, 0.4) is 0 Å². The van der Waals surface area contributed by atoms with Crippen LogP contribution in [-0.2, 0) is 21.3 Å². The summed E-state index contributed by atoms with van der Waals surface area (Å²) >= 11 is 0. The van der Waals surface area contributed by atoms with Crippen LogP contribution < -0.4 is 13.7 Å². The highest BCUT2D eigenvalue weighted by Gasteiger charge is 2.29. The number of benzene rings is 3. The third-order valence-corrected chi connectivity index (χ3v) is 5.26. The third kappa shape index (κ3) is 7.25. The Kier molecular flexibility index (Phi) is 7.28. The van der Waals surface area contributed by atoms with Crippen LogP contribution in [0.2, 0.25) is 0 Å². The summed E-state index contributed by atoms with van der Waals surface area (Å²) in [6.07, 6.45) is 1.72. The fourth-order valence-corrected chi connectivity index (χ4v) is 3.43. The summed E-state index contributed by atoms with van der Waals surface area (Å²) in [6.45, 7) is 3.47. The Balaban J connectivity index is 1.51. The maximum Gasteiger partial charge on any atom is 0.347 e. The SMILES string of the molecule is CC(C)(Oc1ccc(OCCc2ccc(-c3ccc(OS(C)(=O)=O)cc3)cc2)cc1)C(=O)O. The molecule has 0 unspecified atom stereocenters. The van der Waals surface area contributed by atoms with Gasteiger partial charge in [0.15, 0.2) is 5.60 Å². The summed E-state index contributed by atoms with van der Waals surface area (Å²) in [5.74, 6) is 0.372. The Morgan fingerprint density at radius 3 is 1.82 bits per heavy atom. The van der Waals surface area contributed by atoms with Crippen molar-refractivity contribution in [2.24, 2.45) is 0 Å². The standard InChI is InChI=1S/C25H26O7S/c1-25(2,24(26)27)31-22-14-12-21(13-15-22)30-17-16-18-4-6-19(7-5-18)20-8-10-23(11-9-20)32-33(3,28)29/h4-15H,16-17H2,1-3H3,(H,26,27). The van der Waals surface area contributed by atoms with Gasteiger partial charge in [-0.1, -0.05) is 36.4 Å². The van der Waals surface area contributed by atoms with E-state index in [0.717, 1.165) is 22.9 Å². The first kappa shape index (κ1) is 24.1. The monoisotopic (exact) mass is 470 g/mol. The van der Waals surface area contributed by atoms with E-state index in [1.165, 1.54) is 13.8 Å². The minimum absolute atomic E-state index is 0.278. The zero-order valence-electron chi connectivity index (χ0n) is 18.6. The number of hydrogen-bond donors (Lipinski definition) is 1. The van der Waals surface area contributed by atoms with E-state index in [1.54, 1.807) is 36.4 Å². The molecule has 8 heteroatoms. The van der Waals surface area contributed by atoms with Crippen molar-refractivity contribution in [3.63, 3.8) is 0 Å². The van der Waals surface area contributed by atoms with Crippen molar-refractivity contribution in [2.75, 3.05) is 12.9 Å². The molecule has 0 radical (unpaired) electrons. The number of rotatable bonds is 10. The highest BCUT2D eigenvalue weighted by molar-refractivity contribution is 7.86. The summed E-state index contributed by atoms with van der Waals surface area (Å²) in [7, 11) is -3.54. The lowest BCUT2D eigenvalue weighted by molar-refractivity contribution is -0.152. The molecule has 0 amide bonds. The smallest absolute Gasteiger partial charge is 0.347 e. The Morgan fingerprint density at radius 1 is 0.818 bits per heavy atom. The Bertz CT molecular complexity index is 1180. The van der Waals surface area contributed by atoms with Gasteiger partial charge in [0.25, 0.3) is 0 Å². The summed E-state index contributed by atoms with van der Waals surface area (Å²) in [6, 6.07) is 21.7. The second-order valence-corrected chi connectivity index (χ2v) is 9.57. The summed E-state index contributed by atoms with van der Waals surface area (Å²) < 4.78 is 38.5. The average molecular weight is 471 g/mol. The molecule has 3 aromatic carbocycles. The molecule has 0 aliphatic carbocycles. The van der Waals surface area contributed by atoms with Crippen molar-refractivity contribution in [3.8, 4) is 28.4 Å². The zero-order valence-corrected chi connectivity index (χ0v) is 19.5. The molecule has 0 spiro atoms. The molecular formula is C25H26O7S. The Hall–Kier alpha value is -3.52. The van der Waals surface area contributed by atoms with Crippen LogP contribution in [0.5, 0.6) is 17.2 Å². The Labute approximate surface area is 193 Å². The van der Waals surface area contributed by atoms with Gasteiger partial charge in [-0.3, -0.25) is 0 Å². The van der Waals surface area contributed by atoms with E-state index in [9.17, 15) is 13.2 Å². The first-order valence-corrected chi connectivity index (χ1v) is 12.1. The first-order chi connectivity index (χ1) is 15.5. The summed E-state index contributed by atoms with van der Waals surface area (Å²) in [4.78, 5) is 11.2. The van der Waals surface area contributed by atoms with Crippen LogP contribution >= 0.6 is 0 Å².